The standard InChI is InChI=1S/C32H49ClN2O7/c1-20(9-12-26-17-32(39,19-33)18-27(42-26)16-31(38)34-25-7-6-8-25)10-13-29-21(2)15-28(23(4)41-29)35-30(37)14-11-22(3)40-24(5)36/h9-12,14,21-23,25-29,39H,6-8,13,15-19H2,1-5H3,(H,34,38)(H,35,37). The van der Waals surface area contributed by atoms with E-state index in [9.17, 15) is 19.5 Å². The van der Waals surface area contributed by atoms with Crippen molar-refractivity contribution in [3.8, 4) is 0 Å². The molecule has 0 aromatic rings. The number of esters is 1. The Hall–Kier alpha value is -2.20. The summed E-state index contributed by atoms with van der Waals surface area (Å²) in [6, 6.07) is 0.154. The van der Waals surface area contributed by atoms with E-state index in [2.05, 4.69) is 23.6 Å². The smallest absolute Gasteiger partial charge is 0.303 e. The quantitative estimate of drug-likeness (QED) is 0.131. The third-order valence-electron chi connectivity index (χ3n) is 8.35. The Balaban J connectivity index is 1.48. The number of ether oxygens (including phenoxy) is 3. The van der Waals surface area contributed by atoms with Crippen molar-refractivity contribution in [2.75, 3.05) is 5.88 Å². The molecule has 0 aromatic carbocycles. The van der Waals surface area contributed by atoms with Gasteiger partial charge in [0.1, 0.15) is 6.10 Å². The van der Waals surface area contributed by atoms with Gasteiger partial charge in [-0.05, 0) is 64.9 Å². The van der Waals surface area contributed by atoms with E-state index in [4.69, 9.17) is 25.8 Å². The first-order valence-corrected chi connectivity index (χ1v) is 15.8. The number of alkyl halides is 1. The molecule has 2 amide bonds. The van der Waals surface area contributed by atoms with Crippen LogP contribution < -0.4 is 10.6 Å². The lowest BCUT2D eigenvalue weighted by molar-refractivity contribution is -0.143. The van der Waals surface area contributed by atoms with Crippen molar-refractivity contribution in [1.82, 2.24) is 10.6 Å². The summed E-state index contributed by atoms with van der Waals surface area (Å²) in [6.45, 7) is 9.13. The van der Waals surface area contributed by atoms with Crippen LogP contribution in [0, 0.1) is 5.92 Å². The first-order valence-electron chi connectivity index (χ1n) is 15.2. The van der Waals surface area contributed by atoms with E-state index in [1.54, 1.807) is 13.0 Å². The number of hydrogen-bond donors (Lipinski definition) is 3. The minimum Gasteiger partial charge on any atom is -0.459 e. The average Bonchev–Trinajstić information content (AvgIpc) is 2.89. The second kappa shape index (κ2) is 16.0. The monoisotopic (exact) mass is 608 g/mol. The first-order chi connectivity index (χ1) is 19.9. The average molecular weight is 609 g/mol. The lowest BCUT2D eigenvalue weighted by Crippen LogP contribution is -2.50. The van der Waals surface area contributed by atoms with Crippen molar-refractivity contribution < 1.29 is 33.7 Å². The maximum absolute atomic E-state index is 12.4. The molecule has 0 aromatic heterocycles. The lowest BCUT2D eigenvalue weighted by Gasteiger charge is -2.39. The summed E-state index contributed by atoms with van der Waals surface area (Å²) in [6.07, 6.45) is 13.3. The molecular formula is C32H49ClN2O7. The molecular weight excluding hydrogens is 560 g/mol. The van der Waals surface area contributed by atoms with Gasteiger partial charge in [0.2, 0.25) is 11.8 Å². The highest BCUT2D eigenvalue weighted by atomic mass is 35.5. The van der Waals surface area contributed by atoms with Gasteiger partial charge in [-0.3, -0.25) is 14.4 Å². The normalized spacial score (nSPS) is 33.3. The van der Waals surface area contributed by atoms with Gasteiger partial charge in [0.15, 0.2) is 0 Å². The number of allylic oxidation sites excluding steroid dienone is 2. The van der Waals surface area contributed by atoms with E-state index in [0.29, 0.717) is 12.8 Å². The molecule has 2 saturated heterocycles. The Labute approximate surface area is 255 Å². The molecule has 0 spiro atoms. The van der Waals surface area contributed by atoms with Crippen LogP contribution in [0.2, 0.25) is 0 Å². The van der Waals surface area contributed by atoms with E-state index in [1.807, 2.05) is 26.0 Å². The van der Waals surface area contributed by atoms with Gasteiger partial charge in [0, 0.05) is 31.9 Å². The van der Waals surface area contributed by atoms with Gasteiger partial charge >= 0.3 is 5.97 Å². The zero-order chi connectivity index (χ0) is 30.9. The number of aliphatic hydroxyl groups is 1. The van der Waals surface area contributed by atoms with Crippen LogP contribution in [0.3, 0.4) is 0 Å². The van der Waals surface area contributed by atoms with E-state index in [1.165, 1.54) is 13.0 Å². The number of nitrogens with one attached hydrogen (secondary N) is 2. The fourth-order valence-electron chi connectivity index (χ4n) is 5.71. The van der Waals surface area contributed by atoms with Gasteiger partial charge in [-0.15, -0.1) is 11.6 Å². The molecule has 1 saturated carbocycles. The van der Waals surface area contributed by atoms with Gasteiger partial charge in [0.05, 0.1) is 48.4 Å². The molecule has 3 aliphatic rings. The predicted octanol–water partition coefficient (Wildman–Crippen LogP) is 4.26. The van der Waals surface area contributed by atoms with E-state index in [0.717, 1.165) is 37.7 Å². The molecule has 3 fully saturated rings. The molecule has 0 radical (unpaired) electrons. The molecule has 10 heteroatoms. The van der Waals surface area contributed by atoms with Crippen LogP contribution in [0.5, 0.6) is 0 Å². The van der Waals surface area contributed by atoms with Crippen LogP contribution in [0.15, 0.2) is 36.0 Å². The summed E-state index contributed by atoms with van der Waals surface area (Å²) in [5.41, 5.74) is -0.0266. The van der Waals surface area contributed by atoms with Crippen molar-refractivity contribution in [3.63, 3.8) is 0 Å². The highest BCUT2D eigenvalue weighted by molar-refractivity contribution is 6.18. The number of carbonyl (C=O) groups excluding carboxylic acids is 3. The molecule has 3 rings (SSSR count). The molecule has 1 aliphatic carbocycles. The minimum absolute atomic E-state index is 0.0156. The topological polar surface area (TPSA) is 123 Å². The van der Waals surface area contributed by atoms with Gasteiger partial charge < -0.3 is 30.0 Å². The van der Waals surface area contributed by atoms with Crippen molar-refractivity contribution in [2.45, 2.75) is 134 Å². The van der Waals surface area contributed by atoms with Crippen LogP contribution >= 0.6 is 11.6 Å². The maximum Gasteiger partial charge on any atom is 0.303 e. The third kappa shape index (κ3) is 11.1. The molecule has 0 bridgehead atoms. The SMILES string of the molecule is CC(=O)OC(C)C=CC(=O)NC1CC(C)C(CC=C(C)C=CC2CC(O)(CCl)CC(CC(=O)NC3CCC3)O2)OC1C. The molecule has 3 N–H and O–H groups in total. The van der Waals surface area contributed by atoms with Gasteiger partial charge in [0.25, 0.3) is 0 Å². The highest BCUT2D eigenvalue weighted by Crippen LogP contribution is 2.33. The number of amides is 2. The Bertz CT molecular complexity index is 1030. The molecule has 2 heterocycles. The summed E-state index contributed by atoms with van der Waals surface area (Å²) in [7, 11) is 0. The molecule has 42 heavy (non-hydrogen) atoms. The van der Waals surface area contributed by atoms with Crippen LogP contribution in [0.4, 0.5) is 0 Å². The second-order valence-corrected chi connectivity index (χ2v) is 12.7. The number of carbonyl (C=O) groups is 3. The molecule has 9 nitrogen and oxygen atoms in total. The van der Waals surface area contributed by atoms with Crippen molar-refractivity contribution in [3.05, 3.63) is 36.0 Å². The Morgan fingerprint density at radius 2 is 1.86 bits per heavy atom. The summed E-state index contributed by atoms with van der Waals surface area (Å²) >= 11 is 6.11. The van der Waals surface area contributed by atoms with Crippen LogP contribution in [-0.2, 0) is 28.6 Å². The predicted molar refractivity (Wildman–Crippen MR) is 162 cm³/mol. The highest BCUT2D eigenvalue weighted by Gasteiger charge is 2.39. The number of rotatable bonds is 12. The van der Waals surface area contributed by atoms with Crippen LogP contribution in [-0.4, -0.2) is 77.0 Å². The zero-order valence-electron chi connectivity index (χ0n) is 25.6. The maximum atomic E-state index is 12.4. The molecule has 236 valence electrons. The van der Waals surface area contributed by atoms with Crippen molar-refractivity contribution in [1.29, 1.82) is 0 Å². The van der Waals surface area contributed by atoms with Crippen LogP contribution in [0.1, 0.15) is 86.0 Å². The summed E-state index contributed by atoms with van der Waals surface area (Å²) in [5, 5.41) is 17.0. The minimum atomic E-state index is -1.07. The van der Waals surface area contributed by atoms with Gasteiger partial charge in [-0.2, -0.15) is 0 Å². The third-order valence-corrected chi connectivity index (χ3v) is 8.85. The zero-order valence-corrected chi connectivity index (χ0v) is 26.4. The Morgan fingerprint density at radius 1 is 1.12 bits per heavy atom. The number of halogens is 1. The first kappa shape index (κ1) is 34.3. The summed E-state index contributed by atoms with van der Waals surface area (Å²) in [4.78, 5) is 35.9. The van der Waals surface area contributed by atoms with Crippen molar-refractivity contribution >= 4 is 29.4 Å². The summed E-state index contributed by atoms with van der Waals surface area (Å²) < 4.78 is 17.5. The van der Waals surface area contributed by atoms with Crippen molar-refractivity contribution in [2.24, 2.45) is 5.92 Å². The molecule has 2 aliphatic heterocycles. The molecule has 8 unspecified atom stereocenters. The van der Waals surface area contributed by atoms with Gasteiger partial charge in [-0.25, -0.2) is 0 Å². The van der Waals surface area contributed by atoms with E-state index >= 15 is 0 Å². The van der Waals surface area contributed by atoms with E-state index < -0.39 is 17.7 Å². The fourth-order valence-corrected chi connectivity index (χ4v) is 5.93. The van der Waals surface area contributed by atoms with E-state index in [-0.39, 0.29) is 66.5 Å². The second-order valence-electron chi connectivity index (χ2n) is 12.4. The van der Waals surface area contributed by atoms with Gasteiger partial charge in [-0.1, -0.05) is 30.7 Å². The lowest BCUT2D eigenvalue weighted by atomic mass is 9.86. The van der Waals surface area contributed by atoms with Crippen LogP contribution in [0.25, 0.3) is 0 Å². The largest absolute Gasteiger partial charge is 0.459 e. The summed E-state index contributed by atoms with van der Waals surface area (Å²) in [5.74, 6) is -0.346. The Morgan fingerprint density at radius 3 is 2.50 bits per heavy atom. The molecule has 8 atom stereocenters. The Kier molecular flexibility index (Phi) is 13.1. The fraction of sp³-hybridized carbons (Fsp3) is 0.719. The number of hydrogen-bond acceptors (Lipinski definition) is 7.